The largest absolute Gasteiger partial charge is 0.444 e. The maximum Gasteiger partial charge on any atom is 0.408 e. The van der Waals surface area contributed by atoms with E-state index in [0.29, 0.717) is 28.3 Å². The molecule has 0 heterocycles. The zero-order valence-electron chi connectivity index (χ0n) is 27.1. The molecule has 4 N–H and O–H groups in total. The molecular weight excluding hydrogens is 592 g/mol. The van der Waals surface area contributed by atoms with Gasteiger partial charge in [-0.2, -0.15) is 0 Å². The second kappa shape index (κ2) is 18.1. The second-order valence-electron chi connectivity index (χ2n) is 12.1. The maximum atomic E-state index is 14.4. The third-order valence-corrected chi connectivity index (χ3v) is 7.44. The highest BCUT2D eigenvalue weighted by atomic mass is 35.5. The van der Waals surface area contributed by atoms with Gasteiger partial charge in [0.15, 0.2) is 0 Å². The van der Waals surface area contributed by atoms with Crippen LogP contribution in [0.15, 0.2) is 42.5 Å². The summed E-state index contributed by atoms with van der Waals surface area (Å²) in [5, 5.41) is 5.90. The van der Waals surface area contributed by atoms with Crippen molar-refractivity contribution in [2.75, 3.05) is 11.9 Å². The first-order chi connectivity index (χ1) is 21.3. The molecule has 4 amide bonds. The predicted molar refractivity (Wildman–Crippen MR) is 179 cm³/mol. The summed E-state index contributed by atoms with van der Waals surface area (Å²) >= 11 is 6.46. The lowest BCUT2D eigenvalue weighted by Crippen LogP contribution is -2.52. The van der Waals surface area contributed by atoms with E-state index in [1.807, 2.05) is 13.0 Å². The lowest BCUT2D eigenvalue weighted by molar-refractivity contribution is -0.141. The number of nitrogens with two attached hydrogens (primary N) is 1. The van der Waals surface area contributed by atoms with Crippen LogP contribution in [-0.4, -0.2) is 46.9 Å². The number of aryl methyl sites for hydroxylation is 1. The number of hydrogen-bond donors (Lipinski definition) is 3. The van der Waals surface area contributed by atoms with Gasteiger partial charge < -0.3 is 26.0 Å². The van der Waals surface area contributed by atoms with Crippen LogP contribution in [0.1, 0.15) is 102 Å². The Bertz CT molecular complexity index is 1330. The van der Waals surface area contributed by atoms with Gasteiger partial charge in [0, 0.05) is 18.5 Å². The first-order valence-corrected chi connectivity index (χ1v) is 15.9. The van der Waals surface area contributed by atoms with Crippen LogP contribution in [-0.2, 0) is 19.1 Å². The Balaban J connectivity index is 2.59. The van der Waals surface area contributed by atoms with Crippen molar-refractivity contribution in [3.63, 3.8) is 0 Å². The number of carbonyl (C=O) groups excluding carboxylic acids is 4. The summed E-state index contributed by atoms with van der Waals surface area (Å²) in [6, 6.07) is 9.79. The maximum absolute atomic E-state index is 14.4. The molecule has 0 aliphatic rings. The van der Waals surface area contributed by atoms with Crippen molar-refractivity contribution in [3.05, 3.63) is 64.2 Å². The van der Waals surface area contributed by atoms with Crippen molar-refractivity contribution in [2.45, 2.75) is 104 Å². The zero-order chi connectivity index (χ0) is 33.6. The van der Waals surface area contributed by atoms with Crippen molar-refractivity contribution >= 4 is 41.1 Å². The number of amides is 4. The van der Waals surface area contributed by atoms with Crippen molar-refractivity contribution in [2.24, 2.45) is 5.73 Å². The first kappa shape index (κ1) is 37.2. The predicted octanol–water partition coefficient (Wildman–Crippen LogP) is 6.66. The monoisotopic (exact) mass is 638 g/mol. The summed E-state index contributed by atoms with van der Waals surface area (Å²) in [6.07, 6.45) is 10.2. The van der Waals surface area contributed by atoms with Crippen LogP contribution in [0.2, 0.25) is 5.02 Å². The van der Waals surface area contributed by atoms with Gasteiger partial charge in [-0.25, -0.2) is 4.79 Å². The van der Waals surface area contributed by atoms with Gasteiger partial charge in [0.1, 0.15) is 17.7 Å². The molecule has 2 atom stereocenters. The van der Waals surface area contributed by atoms with Gasteiger partial charge in [0.25, 0.3) is 5.91 Å². The van der Waals surface area contributed by atoms with Gasteiger partial charge in [-0.3, -0.25) is 14.4 Å². The van der Waals surface area contributed by atoms with Crippen LogP contribution >= 0.6 is 11.6 Å². The summed E-state index contributed by atoms with van der Waals surface area (Å²) in [7, 11) is 0. The molecule has 2 aromatic carbocycles. The van der Waals surface area contributed by atoms with Gasteiger partial charge in [0.05, 0.1) is 10.7 Å². The molecule has 45 heavy (non-hydrogen) atoms. The topological polar surface area (TPSA) is 131 Å². The number of benzene rings is 2. The van der Waals surface area contributed by atoms with Crippen molar-refractivity contribution < 1.29 is 23.9 Å². The Morgan fingerprint density at radius 1 is 1.02 bits per heavy atom. The Hall–Kier alpha value is -4.03. The van der Waals surface area contributed by atoms with Crippen LogP contribution < -0.4 is 16.4 Å². The molecule has 0 radical (unpaired) electrons. The number of para-hydroxylation sites is 1. The van der Waals surface area contributed by atoms with Crippen LogP contribution in [0, 0.1) is 19.3 Å². The molecule has 0 aromatic heterocycles. The van der Waals surface area contributed by atoms with E-state index in [0.717, 1.165) is 37.7 Å². The Morgan fingerprint density at radius 3 is 2.24 bits per heavy atom. The molecule has 2 unspecified atom stereocenters. The highest BCUT2D eigenvalue weighted by Crippen LogP contribution is 2.30. The highest BCUT2D eigenvalue weighted by molar-refractivity contribution is 6.34. The lowest BCUT2D eigenvalue weighted by atomic mass is 9.99. The molecule has 244 valence electrons. The van der Waals surface area contributed by atoms with E-state index in [4.69, 9.17) is 28.5 Å². The molecule has 0 saturated carbocycles. The van der Waals surface area contributed by atoms with Gasteiger partial charge in [-0.05, 0) is 69.9 Å². The quantitative estimate of drug-likeness (QED) is 0.140. The lowest BCUT2D eigenvalue weighted by Gasteiger charge is -2.35. The number of carbonyl (C=O) groups is 4. The Morgan fingerprint density at radius 2 is 1.67 bits per heavy atom. The summed E-state index contributed by atoms with van der Waals surface area (Å²) in [6.45, 7) is 9.28. The van der Waals surface area contributed by atoms with Gasteiger partial charge in [0.2, 0.25) is 11.8 Å². The van der Waals surface area contributed by atoms with E-state index in [9.17, 15) is 19.2 Å². The summed E-state index contributed by atoms with van der Waals surface area (Å²) in [5.41, 5.74) is 6.90. The second-order valence-corrected chi connectivity index (χ2v) is 12.5. The minimum atomic E-state index is -1.19. The molecule has 0 aliphatic carbocycles. The first-order valence-electron chi connectivity index (χ1n) is 15.5. The van der Waals surface area contributed by atoms with Crippen LogP contribution in [0.5, 0.6) is 0 Å². The minimum Gasteiger partial charge on any atom is -0.444 e. The minimum absolute atomic E-state index is 0.0750. The highest BCUT2D eigenvalue weighted by Gasteiger charge is 2.36. The number of nitrogens with zero attached hydrogens (tertiary/aromatic N) is 1. The van der Waals surface area contributed by atoms with Gasteiger partial charge in [-0.1, -0.05) is 80.8 Å². The van der Waals surface area contributed by atoms with Crippen LogP contribution in [0.25, 0.3) is 0 Å². The number of rotatable bonds is 16. The molecule has 0 bridgehead atoms. The number of halogens is 1. The average molecular weight is 639 g/mol. The molecule has 10 heteroatoms. The fraction of sp³-hybridized carbons (Fsp3) is 0.486. The van der Waals surface area contributed by atoms with Crippen molar-refractivity contribution in [1.29, 1.82) is 0 Å². The van der Waals surface area contributed by atoms with E-state index >= 15 is 0 Å². The summed E-state index contributed by atoms with van der Waals surface area (Å²) in [5.74, 6) is 0.896. The smallest absolute Gasteiger partial charge is 0.408 e. The number of unbranched alkanes of at least 4 members (excludes halogenated alkanes) is 5. The third-order valence-electron chi connectivity index (χ3n) is 7.13. The van der Waals surface area contributed by atoms with Crippen LogP contribution in [0.3, 0.4) is 0 Å². The molecule has 0 spiro atoms. The molecule has 2 rings (SSSR count). The number of hydrogen-bond acceptors (Lipinski definition) is 5. The SMILES string of the molecule is C#Cc1ccc(C(C(=O)Nc2c(C)cccc2Cl)N(CCCCCCCC)C(=O)C(CCC(N)=O)NC(=O)OC(C)(C)C)cc1. The Labute approximate surface area is 272 Å². The number of alkyl carbamates (subject to hydrolysis) is 1. The number of anilines is 1. The van der Waals surface area contributed by atoms with E-state index in [1.54, 1.807) is 57.2 Å². The van der Waals surface area contributed by atoms with E-state index in [2.05, 4.69) is 23.5 Å². The van der Waals surface area contributed by atoms with Crippen molar-refractivity contribution in [3.8, 4) is 12.3 Å². The standard InChI is InChI=1S/C35H47ClN4O5/c1-7-9-10-11-12-13-23-40(33(43)28(21-22-29(37)41)38-34(44)45-35(4,5)6)31(26-19-17-25(8-2)18-20-26)32(42)39-30-24(3)15-14-16-27(30)36/h2,14-20,28,31H,7,9-13,21-23H2,1,3-6H3,(H2,37,41)(H,38,44)(H,39,42). The molecule has 0 aliphatic heterocycles. The number of primary amides is 1. The fourth-order valence-corrected chi connectivity index (χ4v) is 5.11. The van der Waals surface area contributed by atoms with Gasteiger partial charge in [-0.15, -0.1) is 6.42 Å². The third kappa shape index (κ3) is 12.5. The number of nitrogens with one attached hydrogen (secondary N) is 2. The molecule has 9 nitrogen and oxygen atoms in total. The van der Waals surface area contributed by atoms with Crippen LogP contribution in [0.4, 0.5) is 10.5 Å². The average Bonchev–Trinajstić information content (AvgIpc) is 2.97. The van der Waals surface area contributed by atoms with E-state index in [1.165, 1.54) is 4.90 Å². The van der Waals surface area contributed by atoms with E-state index in [-0.39, 0.29) is 19.4 Å². The van der Waals surface area contributed by atoms with E-state index < -0.39 is 41.5 Å². The number of ether oxygens (including phenoxy) is 1. The van der Waals surface area contributed by atoms with Crippen molar-refractivity contribution in [1.82, 2.24) is 10.2 Å². The summed E-state index contributed by atoms with van der Waals surface area (Å²) in [4.78, 5) is 54.7. The fourth-order valence-electron chi connectivity index (χ4n) is 4.84. The zero-order valence-corrected chi connectivity index (χ0v) is 27.8. The molecule has 2 aromatic rings. The molecule has 0 saturated heterocycles. The Kier molecular flexibility index (Phi) is 14.9. The summed E-state index contributed by atoms with van der Waals surface area (Å²) < 4.78 is 5.41. The molecule has 0 fully saturated rings. The normalized spacial score (nSPS) is 12.4. The number of terminal acetylenes is 1. The van der Waals surface area contributed by atoms with Gasteiger partial charge >= 0.3 is 6.09 Å². The molecular formula is C35H47ClN4O5.